The number of anilines is 1. The van der Waals surface area contributed by atoms with Crippen molar-refractivity contribution in [2.75, 3.05) is 11.4 Å². The van der Waals surface area contributed by atoms with Gasteiger partial charge in [-0.2, -0.15) is 0 Å². The summed E-state index contributed by atoms with van der Waals surface area (Å²) < 4.78 is 0. The molecule has 0 fully saturated rings. The van der Waals surface area contributed by atoms with Gasteiger partial charge in [0, 0.05) is 18.1 Å². The van der Waals surface area contributed by atoms with E-state index < -0.39 is 5.97 Å². The average molecular weight is 256 g/mol. The molecule has 5 nitrogen and oxygen atoms in total. The van der Waals surface area contributed by atoms with Crippen LogP contribution in [0.5, 0.6) is 0 Å². The molecule has 1 aliphatic heterocycles. The third-order valence-corrected chi connectivity index (χ3v) is 3.44. The Morgan fingerprint density at radius 2 is 2.26 bits per heavy atom. The number of aromatic nitrogens is 1. The molecule has 2 aromatic rings. The highest BCUT2D eigenvalue weighted by Crippen LogP contribution is 2.37. The number of aromatic carboxylic acids is 1. The highest BCUT2D eigenvalue weighted by atomic mass is 16.4. The van der Waals surface area contributed by atoms with E-state index in [-0.39, 0.29) is 11.5 Å². The zero-order chi connectivity index (χ0) is 13.6. The summed E-state index contributed by atoms with van der Waals surface area (Å²) in [7, 11) is 0. The van der Waals surface area contributed by atoms with Crippen molar-refractivity contribution in [3.8, 4) is 0 Å². The van der Waals surface area contributed by atoms with Crippen LogP contribution in [0.3, 0.4) is 0 Å². The van der Waals surface area contributed by atoms with Crippen molar-refractivity contribution in [1.29, 1.82) is 0 Å². The number of carbonyl (C=O) groups excluding carboxylic acids is 1. The molecule has 0 atom stereocenters. The molecule has 0 unspecified atom stereocenters. The van der Waals surface area contributed by atoms with E-state index in [0.717, 1.165) is 16.6 Å². The van der Waals surface area contributed by atoms with Gasteiger partial charge in [-0.05, 0) is 30.2 Å². The van der Waals surface area contributed by atoms with Crippen molar-refractivity contribution in [1.82, 2.24) is 4.98 Å². The first kappa shape index (κ1) is 11.5. The lowest BCUT2D eigenvalue weighted by Crippen LogP contribution is -2.26. The fraction of sp³-hybridized carbons (Fsp3) is 0.143. The highest BCUT2D eigenvalue weighted by molar-refractivity contribution is 6.13. The Bertz CT molecular complexity index is 715. The first-order valence-corrected chi connectivity index (χ1v) is 5.93. The number of rotatable bonds is 2. The number of nitrogens with one attached hydrogen (secondary N) is 1. The van der Waals surface area contributed by atoms with Gasteiger partial charge in [0.25, 0.3) is 0 Å². The monoisotopic (exact) mass is 256 g/mol. The van der Waals surface area contributed by atoms with Gasteiger partial charge < -0.3 is 15.0 Å². The van der Waals surface area contributed by atoms with Gasteiger partial charge in [0.2, 0.25) is 5.91 Å². The molecule has 2 N–H and O–H groups in total. The Labute approximate surface area is 109 Å². The number of H-pyrrole nitrogens is 1. The van der Waals surface area contributed by atoms with Crippen LogP contribution in [0.15, 0.2) is 31.0 Å². The largest absolute Gasteiger partial charge is 0.478 e. The Balaban J connectivity index is 2.30. The molecule has 0 spiro atoms. The van der Waals surface area contributed by atoms with Crippen molar-refractivity contribution in [3.63, 3.8) is 0 Å². The van der Waals surface area contributed by atoms with Gasteiger partial charge in [-0.3, -0.25) is 4.79 Å². The predicted octanol–water partition coefficient (Wildman–Crippen LogP) is 1.94. The maximum absolute atomic E-state index is 11.8. The van der Waals surface area contributed by atoms with Gasteiger partial charge >= 0.3 is 5.97 Å². The molecule has 5 heteroatoms. The van der Waals surface area contributed by atoms with Crippen molar-refractivity contribution in [3.05, 3.63) is 42.1 Å². The van der Waals surface area contributed by atoms with Crippen LogP contribution < -0.4 is 4.90 Å². The molecule has 1 aromatic heterocycles. The lowest BCUT2D eigenvalue weighted by Gasteiger charge is -2.16. The third kappa shape index (κ3) is 1.55. The van der Waals surface area contributed by atoms with Crippen LogP contribution in [-0.4, -0.2) is 28.5 Å². The molecule has 0 radical (unpaired) electrons. The van der Waals surface area contributed by atoms with Crippen molar-refractivity contribution < 1.29 is 14.7 Å². The van der Waals surface area contributed by atoms with Crippen LogP contribution in [0.4, 0.5) is 5.69 Å². The molecule has 19 heavy (non-hydrogen) atoms. The molecule has 1 amide bonds. The van der Waals surface area contributed by atoms with E-state index >= 15 is 0 Å². The Morgan fingerprint density at radius 1 is 1.47 bits per heavy atom. The minimum absolute atomic E-state index is 0.163. The molecule has 0 bridgehead atoms. The molecule has 1 aliphatic rings. The number of amides is 1. The van der Waals surface area contributed by atoms with E-state index in [9.17, 15) is 14.7 Å². The van der Waals surface area contributed by atoms with E-state index in [1.807, 2.05) is 0 Å². The fourth-order valence-corrected chi connectivity index (χ4v) is 2.63. The number of carbonyl (C=O) groups is 2. The molecule has 0 saturated heterocycles. The number of benzene rings is 1. The SMILES string of the molecule is C=CC(=O)N1CCc2cc(C(=O)O)c3[nH]ccc3c21. The quantitative estimate of drug-likeness (QED) is 0.806. The second-order valence-electron chi connectivity index (χ2n) is 4.45. The molecule has 0 saturated carbocycles. The third-order valence-electron chi connectivity index (χ3n) is 3.44. The van der Waals surface area contributed by atoms with Crippen LogP contribution in [0.25, 0.3) is 10.9 Å². The summed E-state index contributed by atoms with van der Waals surface area (Å²) >= 11 is 0. The van der Waals surface area contributed by atoms with E-state index in [2.05, 4.69) is 11.6 Å². The van der Waals surface area contributed by atoms with Gasteiger partial charge in [0.1, 0.15) is 0 Å². The second-order valence-corrected chi connectivity index (χ2v) is 4.45. The molecule has 3 rings (SSSR count). The Morgan fingerprint density at radius 3 is 2.95 bits per heavy atom. The minimum atomic E-state index is -0.969. The minimum Gasteiger partial charge on any atom is -0.478 e. The molecule has 2 heterocycles. The summed E-state index contributed by atoms with van der Waals surface area (Å²) in [5.41, 5.74) is 2.48. The van der Waals surface area contributed by atoms with Crippen LogP contribution in [0.1, 0.15) is 15.9 Å². The lowest BCUT2D eigenvalue weighted by atomic mass is 10.0. The molecular formula is C14H12N2O3. The lowest BCUT2D eigenvalue weighted by molar-refractivity contribution is -0.114. The first-order valence-electron chi connectivity index (χ1n) is 5.93. The van der Waals surface area contributed by atoms with Gasteiger partial charge in [-0.1, -0.05) is 6.58 Å². The van der Waals surface area contributed by atoms with Crippen molar-refractivity contribution in [2.24, 2.45) is 0 Å². The standard InChI is InChI=1S/C14H12N2O3/c1-2-11(17)16-6-4-8-7-10(14(18)19)12-9(13(8)16)3-5-15-12/h2-3,5,7,15H,1,4,6H2,(H,18,19). The van der Waals surface area contributed by atoms with E-state index in [0.29, 0.717) is 18.5 Å². The predicted molar refractivity (Wildman–Crippen MR) is 71.5 cm³/mol. The summed E-state index contributed by atoms with van der Waals surface area (Å²) in [5, 5.41) is 10.0. The topological polar surface area (TPSA) is 73.4 Å². The Hall–Kier alpha value is -2.56. The number of hydrogen-bond donors (Lipinski definition) is 2. The van der Waals surface area contributed by atoms with Crippen LogP contribution in [0, 0.1) is 0 Å². The average Bonchev–Trinajstić information content (AvgIpc) is 3.01. The van der Waals surface area contributed by atoms with E-state index in [4.69, 9.17) is 0 Å². The molecule has 96 valence electrons. The summed E-state index contributed by atoms with van der Waals surface area (Å²) in [6, 6.07) is 3.45. The fourth-order valence-electron chi connectivity index (χ4n) is 2.63. The van der Waals surface area contributed by atoms with Crippen LogP contribution >= 0.6 is 0 Å². The van der Waals surface area contributed by atoms with Crippen LogP contribution in [0.2, 0.25) is 0 Å². The zero-order valence-electron chi connectivity index (χ0n) is 10.1. The van der Waals surface area contributed by atoms with Crippen LogP contribution in [-0.2, 0) is 11.2 Å². The van der Waals surface area contributed by atoms with E-state index in [1.54, 1.807) is 23.2 Å². The normalized spacial score (nSPS) is 13.6. The molecule has 0 aliphatic carbocycles. The molecule has 1 aromatic carbocycles. The van der Waals surface area contributed by atoms with Crippen molar-refractivity contribution in [2.45, 2.75) is 6.42 Å². The van der Waals surface area contributed by atoms with Gasteiger partial charge in [0.15, 0.2) is 0 Å². The molecular weight excluding hydrogens is 244 g/mol. The number of nitrogens with zero attached hydrogens (tertiary/aromatic N) is 1. The number of carboxylic acid groups (broad SMARTS) is 1. The smallest absolute Gasteiger partial charge is 0.337 e. The summed E-state index contributed by atoms with van der Waals surface area (Å²) in [6.07, 6.45) is 3.63. The van der Waals surface area contributed by atoms with E-state index in [1.165, 1.54) is 6.08 Å². The zero-order valence-corrected chi connectivity index (χ0v) is 10.1. The Kier molecular flexibility index (Phi) is 2.41. The second kappa shape index (κ2) is 3.98. The van der Waals surface area contributed by atoms with Gasteiger partial charge in [-0.15, -0.1) is 0 Å². The summed E-state index contributed by atoms with van der Waals surface area (Å²) in [6.45, 7) is 4.06. The maximum Gasteiger partial charge on any atom is 0.337 e. The number of carboxylic acids is 1. The number of aromatic amines is 1. The number of hydrogen-bond acceptors (Lipinski definition) is 2. The maximum atomic E-state index is 11.8. The summed E-state index contributed by atoms with van der Waals surface area (Å²) in [4.78, 5) is 27.7. The first-order chi connectivity index (χ1) is 9.13. The highest BCUT2D eigenvalue weighted by Gasteiger charge is 2.28. The number of fused-ring (bicyclic) bond motifs is 3. The van der Waals surface area contributed by atoms with Gasteiger partial charge in [-0.25, -0.2) is 4.79 Å². The summed E-state index contributed by atoms with van der Waals surface area (Å²) in [5.74, 6) is -1.13. The van der Waals surface area contributed by atoms with Crippen molar-refractivity contribution >= 4 is 28.5 Å². The van der Waals surface area contributed by atoms with Gasteiger partial charge in [0.05, 0.1) is 16.8 Å².